The first kappa shape index (κ1) is 21.8. The van der Waals surface area contributed by atoms with E-state index in [1.165, 1.54) is 0 Å². The maximum atomic E-state index is 13.1. The van der Waals surface area contributed by atoms with Gasteiger partial charge < -0.3 is 15.2 Å². The summed E-state index contributed by atoms with van der Waals surface area (Å²) >= 11 is 0. The third-order valence-electron chi connectivity index (χ3n) is 5.31. The van der Waals surface area contributed by atoms with Crippen molar-refractivity contribution in [1.82, 2.24) is 0 Å². The van der Waals surface area contributed by atoms with Gasteiger partial charge in [-0.05, 0) is 48.4 Å². The average Bonchev–Trinajstić information content (AvgIpc) is 2.78. The fraction of sp³-hybridized carbons (Fsp3) is 0.240. The van der Waals surface area contributed by atoms with Crippen LogP contribution in [-0.2, 0) is 16.0 Å². The highest BCUT2D eigenvalue weighted by Crippen LogP contribution is 2.33. The molecule has 0 bridgehead atoms. The third kappa shape index (κ3) is 5.01. The van der Waals surface area contributed by atoms with Crippen LogP contribution in [0, 0.1) is 6.57 Å². The Morgan fingerprint density at radius 1 is 1.13 bits per heavy atom. The lowest BCUT2D eigenvalue weighted by molar-refractivity contribution is -0.137. The minimum Gasteiger partial charge on any atom is -0.496 e. The molecule has 0 aliphatic carbocycles. The van der Waals surface area contributed by atoms with Gasteiger partial charge in [0.2, 0.25) is 5.91 Å². The summed E-state index contributed by atoms with van der Waals surface area (Å²) in [6.07, 6.45) is 1.00. The van der Waals surface area contributed by atoms with Gasteiger partial charge in [-0.2, -0.15) is 0 Å². The van der Waals surface area contributed by atoms with Crippen molar-refractivity contribution in [2.24, 2.45) is 0 Å². The van der Waals surface area contributed by atoms with Crippen LogP contribution in [0.3, 0.4) is 0 Å². The highest BCUT2D eigenvalue weighted by Gasteiger charge is 2.20. The molecule has 158 valence electrons. The first-order chi connectivity index (χ1) is 14.9. The molecule has 0 saturated carbocycles. The molecular formula is C25H24N2O4. The minimum atomic E-state index is -0.858. The Labute approximate surface area is 181 Å². The van der Waals surface area contributed by atoms with E-state index in [0.717, 1.165) is 27.6 Å². The van der Waals surface area contributed by atoms with Gasteiger partial charge in [0.15, 0.2) is 5.69 Å². The largest absolute Gasteiger partial charge is 0.496 e. The number of carbonyl (C=O) groups excluding carboxylic acids is 1. The van der Waals surface area contributed by atoms with Crippen LogP contribution < -0.4 is 10.1 Å². The predicted molar refractivity (Wildman–Crippen MR) is 121 cm³/mol. The van der Waals surface area contributed by atoms with Crippen LogP contribution in [-0.4, -0.2) is 24.1 Å². The fourth-order valence-electron chi connectivity index (χ4n) is 3.63. The SMILES string of the molecule is [C-]#[N+]c1ccc(CCCC(=O)O)c(NC(=O)C(C)c2ccc(OC)c3ccccc23)c1. The van der Waals surface area contributed by atoms with Crippen LogP contribution in [0.2, 0.25) is 0 Å². The lowest BCUT2D eigenvalue weighted by atomic mass is 9.93. The number of hydrogen-bond donors (Lipinski definition) is 2. The number of nitrogens with zero attached hydrogens (tertiary/aromatic N) is 1. The Balaban J connectivity index is 1.88. The van der Waals surface area contributed by atoms with Gasteiger partial charge in [-0.15, -0.1) is 0 Å². The summed E-state index contributed by atoms with van der Waals surface area (Å²) < 4.78 is 5.44. The number of carbonyl (C=O) groups is 2. The lowest BCUT2D eigenvalue weighted by Gasteiger charge is -2.18. The van der Waals surface area contributed by atoms with E-state index in [9.17, 15) is 9.59 Å². The second-order valence-corrected chi connectivity index (χ2v) is 7.31. The van der Waals surface area contributed by atoms with Gasteiger partial charge in [-0.1, -0.05) is 42.5 Å². The zero-order valence-electron chi connectivity index (χ0n) is 17.5. The zero-order chi connectivity index (χ0) is 22.4. The van der Waals surface area contributed by atoms with Crippen LogP contribution in [0.15, 0.2) is 54.6 Å². The number of amides is 1. The van der Waals surface area contributed by atoms with Gasteiger partial charge in [-0.3, -0.25) is 9.59 Å². The van der Waals surface area contributed by atoms with Crippen molar-refractivity contribution in [2.75, 3.05) is 12.4 Å². The Hall–Kier alpha value is -3.85. The molecule has 0 heterocycles. The van der Waals surface area contributed by atoms with E-state index in [-0.39, 0.29) is 12.3 Å². The van der Waals surface area contributed by atoms with Crippen LogP contribution in [0.5, 0.6) is 5.75 Å². The number of carboxylic acids is 1. The molecule has 0 fully saturated rings. The predicted octanol–water partition coefficient (Wildman–Crippen LogP) is 5.55. The molecule has 3 rings (SSSR count). The van der Waals surface area contributed by atoms with Crippen LogP contribution in [0.25, 0.3) is 15.6 Å². The number of aliphatic carboxylic acids is 1. The molecule has 0 aliphatic rings. The number of ether oxygens (including phenoxy) is 1. The Kier molecular flexibility index (Phi) is 6.88. The second-order valence-electron chi connectivity index (χ2n) is 7.31. The van der Waals surface area contributed by atoms with E-state index in [2.05, 4.69) is 10.2 Å². The highest BCUT2D eigenvalue weighted by molar-refractivity contribution is 6.01. The molecule has 0 saturated heterocycles. The third-order valence-corrected chi connectivity index (χ3v) is 5.31. The normalized spacial score (nSPS) is 11.5. The van der Waals surface area contributed by atoms with Gasteiger partial charge in [0.1, 0.15) is 5.75 Å². The highest BCUT2D eigenvalue weighted by atomic mass is 16.5. The molecule has 1 unspecified atom stereocenters. The van der Waals surface area contributed by atoms with Crippen molar-refractivity contribution in [2.45, 2.75) is 32.1 Å². The van der Waals surface area contributed by atoms with Crippen molar-refractivity contribution in [3.63, 3.8) is 0 Å². The Morgan fingerprint density at radius 2 is 1.87 bits per heavy atom. The number of hydrogen-bond acceptors (Lipinski definition) is 3. The van der Waals surface area contributed by atoms with E-state index in [1.54, 1.807) is 25.3 Å². The standard InChI is InChI=1S/C25H24N2O4/c1-16(19-13-14-23(31-3)21-9-5-4-8-20(19)21)25(30)27-22-15-18(26-2)12-11-17(22)7-6-10-24(28)29/h4-5,8-9,11-16H,6-7,10H2,1,3H3,(H,27,30)(H,28,29). The number of benzene rings is 3. The lowest BCUT2D eigenvalue weighted by Crippen LogP contribution is -2.20. The molecule has 1 atom stereocenters. The number of anilines is 1. The summed E-state index contributed by atoms with van der Waals surface area (Å²) in [5, 5.41) is 13.7. The zero-order valence-corrected chi connectivity index (χ0v) is 17.5. The smallest absolute Gasteiger partial charge is 0.303 e. The summed E-state index contributed by atoms with van der Waals surface area (Å²) in [4.78, 5) is 27.4. The van der Waals surface area contributed by atoms with Gasteiger partial charge in [-0.25, -0.2) is 4.85 Å². The molecule has 0 spiro atoms. The second kappa shape index (κ2) is 9.77. The molecule has 0 aromatic heterocycles. The molecule has 2 N–H and O–H groups in total. The van der Waals surface area contributed by atoms with Gasteiger partial charge >= 0.3 is 5.97 Å². The summed E-state index contributed by atoms with van der Waals surface area (Å²) in [6, 6.07) is 16.6. The number of methoxy groups -OCH3 is 1. The van der Waals surface area contributed by atoms with E-state index >= 15 is 0 Å². The van der Waals surface area contributed by atoms with E-state index in [4.69, 9.17) is 16.4 Å². The minimum absolute atomic E-state index is 0.0478. The first-order valence-electron chi connectivity index (χ1n) is 10.0. The maximum Gasteiger partial charge on any atom is 0.303 e. The van der Waals surface area contributed by atoms with Gasteiger partial charge in [0.25, 0.3) is 0 Å². The summed E-state index contributed by atoms with van der Waals surface area (Å²) in [5.41, 5.74) is 2.66. The molecule has 6 nitrogen and oxygen atoms in total. The first-order valence-corrected chi connectivity index (χ1v) is 10.0. The monoisotopic (exact) mass is 416 g/mol. The number of nitrogens with one attached hydrogen (secondary N) is 1. The van der Waals surface area contributed by atoms with E-state index < -0.39 is 11.9 Å². The van der Waals surface area contributed by atoms with Crippen LogP contribution in [0.1, 0.15) is 36.8 Å². The van der Waals surface area contributed by atoms with E-state index in [1.807, 2.05) is 43.3 Å². The molecule has 1 amide bonds. The quantitative estimate of drug-likeness (QED) is 0.472. The molecule has 0 aliphatic heterocycles. The fourth-order valence-corrected chi connectivity index (χ4v) is 3.63. The molecule has 3 aromatic rings. The number of carboxylic acid groups (broad SMARTS) is 1. The molecule has 0 radical (unpaired) electrons. The molecule has 3 aromatic carbocycles. The van der Waals surface area contributed by atoms with E-state index in [0.29, 0.717) is 24.2 Å². The van der Waals surface area contributed by atoms with Gasteiger partial charge in [0.05, 0.1) is 19.6 Å². The number of rotatable bonds is 8. The van der Waals surface area contributed by atoms with Crippen molar-refractivity contribution < 1.29 is 19.4 Å². The van der Waals surface area contributed by atoms with Gasteiger partial charge in [0, 0.05) is 17.5 Å². The Bertz CT molecular complexity index is 1160. The summed E-state index contributed by atoms with van der Waals surface area (Å²) in [6.45, 7) is 9.10. The molecule has 31 heavy (non-hydrogen) atoms. The molecular weight excluding hydrogens is 392 g/mol. The summed E-state index contributed by atoms with van der Waals surface area (Å²) in [5.74, 6) is -0.753. The maximum absolute atomic E-state index is 13.1. The molecule has 6 heteroatoms. The number of aryl methyl sites for hydroxylation is 1. The van der Waals surface area contributed by atoms with Crippen molar-refractivity contribution in [1.29, 1.82) is 0 Å². The van der Waals surface area contributed by atoms with Crippen molar-refractivity contribution in [3.05, 3.63) is 77.1 Å². The number of fused-ring (bicyclic) bond motifs is 1. The Morgan fingerprint density at radius 3 is 2.55 bits per heavy atom. The van der Waals surface area contributed by atoms with Crippen molar-refractivity contribution >= 4 is 34.0 Å². The topological polar surface area (TPSA) is 80.0 Å². The van der Waals surface area contributed by atoms with Crippen LogP contribution in [0.4, 0.5) is 11.4 Å². The average molecular weight is 416 g/mol. The van der Waals surface area contributed by atoms with Crippen LogP contribution >= 0.6 is 0 Å². The summed E-state index contributed by atoms with van der Waals surface area (Å²) in [7, 11) is 1.62. The van der Waals surface area contributed by atoms with Crippen molar-refractivity contribution in [3.8, 4) is 5.75 Å².